The summed E-state index contributed by atoms with van der Waals surface area (Å²) < 4.78 is 0. The molecule has 1 aliphatic carbocycles. The molecular weight excluding hydrogens is 240 g/mol. The molecule has 0 aliphatic heterocycles. The third-order valence-electron chi connectivity index (χ3n) is 3.52. The summed E-state index contributed by atoms with van der Waals surface area (Å²) in [6, 6.07) is 2.57. The number of aliphatic hydroxyl groups excluding tert-OH is 1. The Bertz CT molecular complexity index is 456. The zero-order valence-corrected chi connectivity index (χ0v) is 11.0. The van der Waals surface area contributed by atoms with E-state index in [0.717, 1.165) is 24.8 Å². The minimum Gasteiger partial charge on any atom is -0.386 e. The number of aromatic nitrogens is 1. The Morgan fingerprint density at radius 2 is 2.32 bits per heavy atom. The highest BCUT2D eigenvalue weighted by Crippen LogP contribution is 2.23. The summed E-state index contributed by atoms with van der Waals surface area (Å²) in [7, 11) is 0. The van der Waals surface area contributed by atoms with Gasteiger partial charge in [-0.05, 0) is 31.7 Å². The number of pyridine rings is 1. The van der Waals surface area contributed by atoms with Crippen LogP contribution in [0.25, 0.3) is 0 Å². The van der Waals surface area contributed by atoms with Crippen LogP contribution in [0.15, 0.2) is 36.2 Å². The Kier molecular flexibility index (Phi) is 4.82. The van der Waals surface area contributed by atoms with Crippen molar-refractivity contribution in [1.29, 1.82) is 0 Å². The van der Waals surface area contributed by atoms with E-state index in [0.29, 0.717) is 12.0 Å². The minimum atomic E-state index is -0.981. The van der Waals surface area contributed by atoms with E-state index in [9.17, 15) is 9.90 Å². The van der Waals surface area contributed by atoms with Crippen LogP contribution in [0.3, 0.4) is 0 Å². The standard InChI is InChI=1S/C15H20N2O2/c16-14(15(19)12-7-4-8-17-10-12)13(18)9-11-5-2-1-3-6-11/h4-5,7-8,10,14-15,19H,1-3,6,9,16H2/t14-,15-/m1/s1. The van der Waals surface area contributed by atoms with Gasteiger partial charge in [0.25, 0.3) is 0 Å². The fourth-order valence-electron chi connectivity index (χ4n) is 2.34. The highest BCUT2D eigenvalue weighted by atomic mass is 16.3. The number of rotatable bonds is 5. The Morgan fingerprint density at radius 1 is 1.47 bits per heavy atom. The Hall–Kier alpha value is -1.52. The first kappa shape index (κ1) is 13.9. The summed E-state index contributed by atoms with van der Waals surface area (Å²) in [5.74, 6) is -0.107. The van der Waals surface area contributed by atoms with E-state index in [2.05, 4.69) is 11.1 Å². The van der Waals surface area contributed by atoms with Gasteiger partial charge in [-0.2, -0.15) is 0 Å². The molecule has 102 valence electrons. The molecular formula is C15H20N2O2. The van der Waals surface area contributed by atoms with Crippen LogP contribution < -0.4 is 5.73 Å². The molecule has 0 bridgehead atoms. The second-order valence-electron chi connectivity index (χ2n) is 5.01. The Morgan fingerprint density at radius 3 is 2.95 bits per heavy atom. The third-order valence-corrected chi connectivity index (χ3v) is 3.52. The van der Waals surface area contributed by atoms with Crippen molar-refractivity contribution in [3.63, 3.8) is 0 Å². The highest BCUT2D eigenvalue weighted by Gasteiger charge is 2.24. The summed E-state index contributed by atoms with van der Waals surface area (Å²) in [5, 5.41) is 10.1. The van der Waals surface area contributed by atoms with Crippen LogP contribution in [0.1, 0.15) is 43.8 Å². The molecule has 0 amide bonds. The van der Waals surface area contributed by atoms with Crippen molar-refractivity contribution in [2.45, 2.75) is 44.2 Å². The topological polar surface area (TPSA) is 76.2 Å². The maximum Gasteiger partial charge on any atom is 0.156 e. The lowest BCUT2D eigenvalue weighted by Crippen LogP contribution is -2.37. The molecule has 1 aromatic rings. The van der Waals surface area contributed by atoms with Crippen molar-refractivity contribution < 1.29 is 9.90 Å². The molecule has 4 heteroatoms. The molecule has 0 unspecified atom stereocenters. The largest absolute Gasteiger partial charge is 0.386 e. The van der Waals surface area contributed by atoms with Crippen molar-refractivity contribution in [2.75, 3.05) is 0 Å². The SMILES string of the molecule is N[C@H](C(=O)CC1=CCCCC1)[C@H](O)c1cccnc1. The normalized spacial score (nSPS) is 18.5. The smallest absolute Gasteiger partial charge is 0.156 e. The van der Waals surface area contributed by atoms with Crippen LogP contribution in [0.2, 0.25) is 0 Å². The van der Waals surface area contributed by atoms with Gasteiger partial charge < -0.3 is 10.8 Å². The molecule has 0 saturated heterocycles. The summed E-state index contributed by atoms with van der Waals surface area (Å²) in [6.45, 7) is 0. The number of allylic oxidation sites excluding steroid dienone is 2. The maximum absolute atomic E-state index is 12.1. The number of nitrogens with two attached hydrogens (primary N) is 1. The van der Waals surface area contributed by atoms with Gasteiger partial charge in [0.05, 0.1) is 6.04 Å². The van der Waals surface area contributed by atoms with Crippen molar-refractivity contribution in [2.24, 2.45) is 5.73 Å². The summed E-state index contributed by atoms with van der Waals surface area (Å²) in [6.07, 6.45) is 9.02. The fourth-order valence-corrected chi connectivity index (χ4v) is 2.34. The van der Waals surface area contributed by atoms with E-state index in [1.165, 1.54) is 12.6 Å². The highest BCUT2D eigenvalue weighted by molar-refractivity contribution is 5.86. The first-order valence-corrected chi connectivity index (χ1v) is 6.72. The first-order valence-electron chi connectivity index (χ1n) is 6.72. The van der Waals surface area contributed by atoms with Crippen LogP contribution in [-0.4, -0.2) is 21.9 Å². The first-order chi connectivity index (χ1) is 9.18. The van der Waals surface area contributed by atoms with Gasteiger partial charge in [0.15, 0.2) is 5.78 Å². The average Bonchev–Trinajstić information content (AvgIpc) is 2.47. The second kappa shape index (κ2) is 6.59. The van der Waals surface area contributed by atoms with E-state index >= 15 is 0 Å². The number of hydrogen-bond donors (Lipinski definition) is 2. The Balaban J connectivity index is 1.97. The van der Waals surface area contributed by atoms with Crippen molar-refractivity contribution in [1.82, 2.24) is 4.98 Å². The van der Waals surface area contributed by atoms with Crippen LogP contribution in [0.5, 0.6) is 0 Å². The quantitative estimate of drug-likeness (QED) is 0.793. The third kappa shape index (κ3) is 3.72. The number of hydrogen-bond acceptors (Lipinski definition) is 4. The summed E-state index contributed by atoms with van der Waals surface area (Å²) in [5.41, 5.74) is 7.60. The van der Waals surface area contributed by atoms with Crippen molar-refractivity contribution >= 4 is 5.78 Å². The predicted molar refractivity (Wildman–Crippen MR) is 73.3 cm³/mol. The van der Waals surface area contributed by atoms with Crippen LogP contribution in [-0.2, 0) is 4.79 Å². The Labute approximate surface area is 113 Å². The van der Waals surface area contributed by atoms with Gasteiger partial charge in [-0.1, -0.05) is 17.7 Å². The molecule has 0 radical (unpaired) electrons. The van der Waals surface area contributed by atoms with Gasteiger partial charge in [0, 0.05) is 24.4 Å². The lowest BCUT2D eigenvalue weighted by molar-refractivity contribution is -0.122. The van der Waals surface area contributed by atoms with E-state index in [-0.39, 0.29) is 5.78 Å². The van der Waals surface area contributed by atoms with E-state index in [1.54, 1.807) is 18.3 Å². The van der Waals surface area contributed by atoms with Gasteiger partial charge in [0.2, 0.25) is 0 Å². The van der Waals surface area contributed by atoms with Crippen LogP contribution in [0.4, 0.5) is 0 Å². The molecule has 19 heavy (non-hydrogen) atoms. The average molecular weight is 260 g/mol. The molecule has 3 N–H and O–H groups in total. The number of carbonyl (C=O) groups excluding carboxylic acids is 1. The summed E-state index contributed by atoms with van der Waals surface area (Å²) in [4.78, 5) is 16.0. The van der Waals surface area contributed by atoms with E-state index in [1.807, 2.05) is 0 Å². The van der Waals surface area contributed by atoms with E-state index < -0.39 is 12.1 Å². The summed E-state index contributed by atoms with van der Waals surface area (Å²) >= 11 is 0. The fraction of sp³-hybridized carbons (Fsp3) is 0.467. The number of carbonyl (C=O) groups is 1. The number of ketones is 1. The second-order valence-corrected chi connectivity index (χ2v) is 5.01. The monoisotopic (exact) mass is 260 g/mol. The lowest BCUT2D eigenvalue weighted by Gasteiger charge is -2.19. The van der Waals surface area contributed by atoms with Crippen LogP contribution in [0, 0.1) is 0 Å². The predicted octanol–water partition coefficient (Wildman–Crippen LogP) is 1.90. The number of nitrogens with zero attached hydrogens (tertiary/aromatic N) is 1. The van der Waals surface area contributed by atoms with Crippen molar-refractivity contribution in [3.05, 3.63) is 41.7 Å². The molecule has 1 aromatic heterocycles. The van der Waals surface area contributed by atoms with Gasteiger partial charge in [0.1, 0.15) is 6.10 Å². The molecule has 1 heterocycles. The van der Waals surface area contributed by atoms with Gasteiger partial charge in [-0.25, -0.2) is 0 Å². The minimum absolute atomic E-state index is 0.107. The zero-order chi connectivity index (χ0) is 13.7. The molecule has 0 aromatic carbocycles. The molecule has 0 saturated carbocycles. The number of aliphatic hydroxyl groups is 1. The number of Topliss-reactive ketones (excluding diaryl/α,β-unsaturated/α-hetero) is 1. The van der Waals surface area contributed by atoms with Gasteiger partial charge in [-0.15, -0.1) is 0 Å². The zero-order valence-electron chi connectivity index (χ0n) is 11.0. The lowest BCUT2D eigenvalue weighted by atomic mass is 9.91. The van der Waals surface area contributed by atoms with Gasteiger partial charge >= 0.3 is 0 Å². The van der Waals surface area contributed by atoms with E-state index in [4.69, 9.17) is 5.73 Å². The molecule has 2 atom stereocenters. The van der Waals surface area contributed by atoms with Crippen molar-refractivity contribution in [3.8, 4) is 0 Å². The molecule has 2 rings (SSSR count). The van der Waals surface area contributed by atoms with Crippen LogP contribution >= 0.6 is 0 Å². The maximum atomic E-state index is 12.1. The molecule has 1 aliphatic rings. The molecule has 0 fully saturated rings. The molecule has 4 nitrogen and oxygen atoms in total. The van der Waals surface area contributed by atoms with Gasteiger partial charge in [-0.3, -0.25) is 9.78 Å². The molecule has 0 spiro atoms.